The Morgan fingerprint density at radius 2 is 1.44 bits per heavy atom. The first-order valence-electron chi connectivity index (χ1n) is 4.93. The van der Waals surface area contributed by atoms with Crippen LogP contribution in [0.3, 0.4) is 0 Å². The number of primary amides is 2. The molecule has 1 aromatic heterocycles. The molecule has 0 unspecified atom stereocenters. The maximum Gasteiger partial charge on any atom is 0.309 e. The Kier molecular flexibility index (Phi) is 8.67. The van der Waals surface area contributed by atoms with Crippen LogP contribution in [0.25, 0.3) is 0 Å². The van der Waals surface area contributed by atoms with Crippen molar-refractivity contribution in [3.05, 3.63) is 59.9 Å². The number of nitrogens with zero attached hydrogens (tertiary/aromatic N) is 1. The molecule has 0 aliphatic carbocycles. The molecule has 0 fully saturated rings. The standard InChI is InChI=1S/C6H6ClN.C5H5N.CH4N2O/c7-5-1-3-6(8)4-2-5;1-2-4-6-5-3-1;2-1(3)4/h1-4H,8H2;1-5H;(H4,2,3,4). The van der Waals surface area contributed by atoms with Gasteiger partial charge in [-0.05, 0) is 36.4 Å². The number of benzene rings is 1. The van der Waals surface area contributed by atoms with E-state index in [1.807, 2.05) is 18.2 Å². The fraction of sp³-hybridized carbons (Fsp3) is 0. The summed E-state index contributed by atoms with van der Waals surface area (Å²) in [5, 5.41) is 0.721. The van der Waals surface area contributed by atoms with Crippen LogP contribution in [0, 0.1) is 0 Å². The Balaban J connectivity index is 0.000000257. The number of urea groups is 1. The minimum absolute atomic E-state index is 0.721. The second-order valence-electron chi connectivity index (χ2n) is 2.98. The van der Waals surface area contributed by atoms with Gasteiger partial charge in [0.05, 0.1) is 0 Å². The lowest BCUT2D eigenvalue weighted by Gasteiger charge is -1.88. The highest BCUT2D eigenvalue weighted by molar-refractivity contribution is 6.30. The molecule has 0 spiro atoms. The Hall–Kier alpha value is -2.27. The molecular weight excluding hydrogens is 252 g/mol. The number of carbonyl (C=O) groups excluding carboxylic acids is 1. The monoisotopic (exact) mass is 266 g/mol. The van der Waals surface area contributed by atoms with Crippen molar-refractivity contribution in [2.75, 3.05) is 5.73 Å². The Morgan fingerprint density at radius 3 is 1.67 bits per heavy atom. The van der Waals surface area contributed by atoms with Crippen LogP contribution in [-0.2, 0) is 0 Å². The van der Waals surface area contributed by atoms with Gasteiger partial charge in [0.2, 0.25) is 0 Å². The Bertz CT molecular complexity index is 382. The summed E-state index contributed by atoms with van der Waals surface area (Å²) in [7, 11) is 0. The van der Waals surface area contributed by atoms with Crippen molar-refractivity contribution in [1.29, 1.82) is 0 Å². The molecule has 5 nitrogen and oxygen atoms in total. The molecule has 0 saturated carbocycles. The molecule has 1 aromatic carbocycles. The highest BCUT2D eigenvalue weighted by Crippen LogP contribution is 2.09. The normalized spacial score (nSPS) is 8.06. The van der Waals surface area contributed by atoms with Crippen LogP contribution in [0.5, 0.6) is 0 Å². The molecule has 96 valence electrons. The van der Waals surface area contributed by atoms with Gasteiger partial charge in [-0.15, -0.1) is 0 Å². The SMILES string of the molecule is NC(N)=O.Nc1ccc(Cl)cc1.c1ccncc1. The molecule has 0 aliphatic rings. The second-order valence-corrected chi connectivity index (χ2v) is 3.41. The summed E-state index contributed by atoms with van der Waals surface area (Å²) in [6.07, 6.45) is 3.50. The number of nitrogens with two attached hydrogens (primary N) is 3. The van der Waals surface area contributed by atoms with Crippen molar-refractivity contribution in [3.63, 3.8) is 0 Å². The molecule has 2 aromatic rings. The molecule has 18 heavy (non-hydrogen) atoms. The maximum absolute atomic E-state index is 9.00. The zero-order valence-electron chi connectivity index (χ0n) is 9.66. The fourth-order valence-electron chi connectivity index (χ4n) is 0.775. The first-order valence-corrected chi connectivity index (χ1v) is 5.31. The number of anilines is 1. The van der Waals surface area contributed by atoms with Crippen molar-refractivity contribution in [2.45, 2.75) is 0 Å². The van der Waals surface area contributed by atoms with Gasteiger partial charge < -0.3 is 17.2 Å². The Morgan fingerprint density at radius 1 is 1.00 bits per heavy atom. The summed E-state index contributed by atoms with van der Waals surface area (Å²) >= 11 is 5.56. The largest absolute Gasteiger partial charge is 0.399 e. The average Bonchev–Trinajstić information content (AvgIpc) is 2.35. The van der Waals surface area contributed by atoms with Gasteiger partial charge in [-0.1, -0.05) is 17.7 Å². The van der Waals surface area contributed by atoms with Crippen molar-refractivity contribution in [3.8, 4) is 0 Å². The summed E-state index contributed by atoms with van der Waals surface area (Å²) in [6.45, 7) is 0. The van der Waals surface area contributed by atoms with Crippen LogP contribution >= 0.6 is 11.6 Å². The topological polar surface area (TPSA) is 108 Å². The van der Waals surface area contributed by atoms with E-state index in [2.05, 4.69) is 16.5 Å². The number of pyridine rings is 1. The van der Waals surface area contributed by atoms with E-state index < -0.39 is 6.03 Å². The van der Waals surface area contributed by atoms with Crippen LogP contribution in [0.2, 0.25) is 5.02 Å². The molecule has 0 radical (unpaired) electrons. The van der Waals surface area contributed by atoms with Crippen LogP contribution in [0.1, 0.15) is 0 Å². The highest BCUT2D eigenvalue weighted by atomic mass is 35.5. The number of rotatable bonds is 0. The number of carbonyl (C=O) groups is 1. The summed E-state index contributed by atoms with van der Waals surface area (Å²) in [4.78, 5) is 12.8. The lowest BCUT2D eigenvalue weighted by molar-refractivity contribution is 0.256. The van der Waals surface area contributed by atoms with E-state index in [-0.39, 0.29) is 0 Å². The first kappa shape index (κ1) is 15.7. The third kappa shape index (κ3) is 11.8. The van der Waals surface area contributed by atoms with Crippen LogP contribution in [0.4, 0.5) is 10.5 Å². The van der Waals surface area contributed by atoms with E-state index >= 15 is 0 Å². The van der Waals surface area contributed by atoms with E-state index in [0.29, 0.717) is 0 Å². The number of hydrogen-bond donors (Lipinski definition) is 3. The van der Waals surface area contributed by atoms with Gasteiger partial charge in [0.15, 0.2) is 0 Å². The van der Waals surface area contributed by atoms with Crippen LogP contribution < -0.4 is 17.2 Å². The van der Waals surface area contributed by atoms with Gasteiger partial charge in [-0.3, -0.25) is 4.98 Å². The lowest BCUT2D eigenvalue weighted by Crippen LogP contribution is -2.18. The first-order chi connectivity index (χ1) is 8.52. The van der Waals surface area contributed by atoms with Crippen molar-refractivity contribution < 1.29 is 4.79 Å². The van der Waals surface area contributed by atoms with Crippen molar-refractivity contribution >= 4 is 23.3 Å². The highest BCUT2D eigenvalue weighted by Gasteiger charge is 1.82. The smallest absolute Gasteiger partial charge is 0.309 e. The molecule has 6 heteroatoms. The minimum Gasteiger partial charge on any atom is -0.399 e. The summed E-state index contributed by atoms with van der Waals surface area (Å²) < 4.78 is 0. The average molecular weight is 267 g/mol. The third-order valence-corrected chi connectivity index (χ3v) is 1.69. The van der Waals surface area contributed by atoms with Crippen LogP contribution in [-0.4, -0.2) is 11.0 Å². The van der Waals surface area contributed by atoms with E-state index in [4.69, 9.17) is 22.1 Å². The van der Waals surface area contributed by atoms with Crippen molar-refractivity contribution in [1.82, 2.24) is 4.98 Å². The number of nitrogen functional groups attached to an aromatic ring is 1. The molecule has 0 bridgehead atoms. The molecule has 0 aliphatic heterocycles. The molecular formula is C12H15ClN4O. The van der Waals surface area contributed by atoms with Gasteiger partial charge in [-0.25, -0.2) is 4.79 Å². The molecule has 6 N–H and O–H groups in total. The van der Waals surface area contributed by atoms with Gasteiger partial charge in [0.1, 0.15) is 0 Å². The lowest BCUT2D eigenvalue weighted by atomic mass is 10.3. The number of amides is 2. The van der Waals surface area contributed by atoms with E-state index in [1.54, 1.807) is 36.7 Å². The maximum atomic E-state index is 9.00. The number of halogens is 1. The molecule has 0 atom stereocenters. The molecule has 1 heterocycles. The van der Waals surface area contributed by atoms with E-state index in [0.717, 1.165) is 10.7 Å². The second kappa shape index (κ2) is 9.92. The van der Waals surface area contributed by atoms with Gasteiger partial charge in [0.25, 0.3) is 0 Å². The summed E-state index contributed by atoms with van der Waals surface area (Å²) in [5.74, 6) is 0. The fourth-order valence-corrected chi connectivity index (χ4v) is 0.901. The predicted molar refractivity (Wildman–Crippen MR) is 73.9 cm³/mol. The molecule has 2 amide bonds. The zero-order valence-corrected chi connectivity index (χ0v) is 10.4. The Labute approximate surface area is 111 Å². The van der Waals surface area contributed by atoms with Crippen LogP contribution in [0.15, 0.2) is 54.9 Å². The van der Waals surface area contributed by atoms with Gasteiger partial charge in [-0.2, -0.15) is 0 Å². The summed E-state index contributed by atoms with van der Waals surface area (Å²) in [5.41, 5.74) is 14.6. The molecule has 0 saturated heterocycles. The van der Waals surface area contributed by atoms with Gasteiger partial charge >= 0.3 is 6.03 Å². The zero-order chi connectivity index (χ0) is 13.8. The minimum atomic E-state index is -0.833. The number of hydrogen-bond acceptors (Lipinski definition) is 3. The molecule has 2 rings (SSSR count). The van der Waals surface area contributed by atoms with Gasteiger partial charge in [0, 0.05) is 23.1 Å². The van der Waals surface area contributed by atoms with E-state index in [1.165, 1.54) is 0 Å². The van der Waals surface area contributed by atoms with Crippen molar-refractivity contribution in [2.24, 2.45) is 11.5 Å². The third-order valence-electron chi connectivity index (χ3n) is 1.44. The predicted octanol–water partition coefficient (Wildman–Crippen LogP) is 2.03. The number of aromatic nitrogens is 1. The quantitative estimate of drug-likeness (QED) is 0.635. The summed E-state index contributed by atoms with van der Waals surface area (Å²) in [6, 6.07) is 11.9. The van der Waals surface area contributed by atoms with E-state index in [9.17, 15) is 0 Å².